The van der Waals surface area contributed by atoms with Gasteiger partial charge in [0.2, 0.25) is 5.82 Å². The highest BCUT2D eigenvalue weighted by molar-refractivity contribution is 6.30. The van der Waals surface area contributed by atoms with Gasteiger partial charge >= 0.3 is 0 Å². The number of rotatable bonds is 3. The molecule has 0 spiro atoms. The molecule has 8 heteroatoms. The minimum Gasteiger partial charge on any atom is -0.451 e. The Hall–Kier alpha value is -3.19. The molecular formula is C18H11ClFN3O3. The summed E-state index contributed by atoms with van der Waals surface area (Å²) in [6.07, 6.45) is 0. The first kappa shape index (κ1) is 16.3. The molecule has 0 saturated heterocycles. The third kappa shape index (κ3) is 2.82. The van der Waals surface area contributed by atoms with Crippen LogP contribution in [-0.4, -0.2) is 16.2 Å². The van der Waals surface area contributed by atoms with Crippen LogP contribution in [0.4, 0.5) is 10.2 Å². The molecule has 2 heterocycles. The van der Waals surface area contributed by atoms with Gasteiger partial charge < -0.3 is 4.42 Å². The number of carbonyl (C=O) groups excluding carboxylic acids is 1. The Bertz CT molecular complexity index is 1120. The summed E-state index contributed by atoms with van der Waals surface area (Å²) in [6.45, 7) is 1.68. The molecule has 26 heavy (non-hydrogen) atoms. The second-order valence-corrected chi connectivity index (χ2v) is 6.06. The number of amides is 1. The Morgan fingerprint density at radius 2 is 1.92 bits per heavy atom. The van der Waals surface area contributed by atoms with E-state index in [-0.39, 0.29) is 11.6 Å². The maximum atomic E-state index is 13.4. The lowest BCUT2D eigenvalue weighted by molar-refractivity contribution is 0.0997. The van der Waals surface area contributed by atoms with E-state index in [1.807, 2.05) is 0 Å². The summed E-state index contributed by atoms with van der Waals surface area (Å²) in [6, 6.07) is 10.9. The normalized spacial score (nSPS) is 11.0. The average molecular weight is 372 g/mol. The number of nitrogens with one attached hydrogen (secondary N) is 1. The van der Waals surface area contributed by atoms with Crippen LogP contribution in [0, 0.1) is 12.7 Å². The van der Waals surface area contributed by atoms with Gasteiger partial charge in [-0.25, -0.2) is 9.02 Å². The molecule has 0 aliphatic carbocycles. The first-order valence-electron chi connectivity index (χ1n) is 7.61. The van der Waals surface area contributed by atoms with Gasteiger partial charge in [-0.2, -0.15) is 0 Å². The SMILES string of the molecule is Cc1c(C(=O)Nc2nonc2-c2ccc(Cl)cc2)oc2ccc(F)cc12. The second kappa shape index (κ2) is 6.27. The highest BCUT2D eigenvalue weighted by Gasteiger charge is 2.21. The van der Waals surface area contributed by atoms with Crippen LogP contribution in [0.2, 0.25) is 5.02 Å². The molecule has 2 aromatic carbocycles. The Balaban J connectivity index is 1.67. The molecule has 4 aromatic rings. The number of fused-ring (bicyclic) bond motifs is 1. The quantitative estimate of drug-likeness (QED) is 0.557. The zero-order chi connectivity index (χ0) is 18.3. The monoisotopic (exact) mass is 371 g/mol. The smallest absolute Gasteiger partial charge is 0.292 e. The number of carbonyl (C=O) groups is 1. The number of aromatic nitrogens is 2. The Morgan fingerprint density at radius 3 is 2.69 bits per heavy atom. The zero-order valence-electron chi connectivity index (χ0n) is 13.4. The second-order valence-electron chi connectivity index (χ2n) is 5.62. The third-order valence-electron chi connectivity index (χ3n) is 3.94. The minimum atomic E-state index is -0.537. The molecular weight excluding hydrogens is 361 g/mol. The highest BCUT2D eigenvalue weighted by Crippen LogP contribution is 2.29. The number of anilines is 1. The van der Waals surface area contributed by atoms with E-state index < -0.39 is 11.7 Å². The Labute approximate surface area is 151 Å². The summed E-state index contributed by atoms with van der Waals surface area (Å²) in [4.78, 5) is 12.6. The first-order valence-corrected chi connectivity index (χ1v) is 7.99. The maximum Gasteiger partial charge on any atom is 0.292 e. The summed E-state index contributed by atoms with van der Waals surface area (Å²) in [5.74, 6) is -0.733. The van der Waals surface area contributed by atoms with Gasteiger partial charge in [0, 0.05) is 21.5 Å². The molecule has 0 aliphatic rings. The van der Waals surface area contributed by atoms with Crippen molar-refractivity contribution in [3.05, 3.63) is 64.6 Å². The van der Waals surface area contributed by atoms with Crippen LogP contribution in [0.15, 0.2) is 51.5 Å². The fourth-order valence-electron chi connectivity index (χ4n) is 2.64. The number of aryl methyl sites for hydroxylation is 1. The van der Waals surface area contributed by atoms with E-state index in [1.54, 1.807) is 31.2 Å². The van der Waals surface area contributed by atoms with Crippen molar-refractivity contribution >= 4 is 34.3 Å². The molecule has 1 amide bonds. The minimum absolute atomic E-state index is 0.0654. The van der Waals surface area contributed by atoms with Crippen LogP contribution in [0.25, 0.3) is 22.2 Å². The van der Waals surface area contributed by atoms with Gasteiger partial charge in [-0.15, -0.1) is 0 Å². The van der Waals surface area contributed by atoms with Crippen LogP contribution >= 0.6 is 11.6 Å². The summed E-state index contributed by atoms with van der Waals surface area (Å²) in [5.41, 5.74) is 1.98. The van der Waals surface area contributed by atoms with E-state index in [0.29, 0.717) is 32.8 Å². The van der Waals surface area contributed by atoms with Crippen molar-refractivity contribution in [1.29, 1.82) is 0 Å². The molecule has 0 radical (unpaired) electrons. The van der Waals surface area contributed by atoms with Gasteiger partial charge in [-0.1, -0.05) is 23.7 Å². The van der Waals surface area contributed by atoms with Crippen molar-refractivity contribution in [2.45, 2.75) is 6.92 Å². The topological polar surface area (TPSA) is 81.2 Å². The molecule has 0 unspecified atom stereocenters. The highest BCUT2D eigenvalue weighted by atomic mass is 35.5. The van der Waals surface area contributed by atoms with E-state index >= 15 is 0 Å². The van der Waals surface area contributed by atoms with Gasteiger partial charge in [-0.3, -0.25) is 10.1 Å². The van der Waals surface area contributed by atoms with E-state index in [9.17, 15) is 9.18 Å². The number of hydrogen-bond donors (Lipinski definition) is 1. The van der Waals surface area contributed by atoms with Crippen LogP contribution < -0.4 is 5.32 Å². The molecule has 0 bridgehead atoms. The molecule has 0 atom stereocenters. The zero-order valence-corrected chi connectivity index (χ0v) is 14.2. The number of furan rings is 1. The lowest BCUT2D eigenvalue weighted by Crippen LogP contribution is -2.13. The lowest BCUT2D eigenvalue weighted by atomic mass is 10.1. The van der Waals surface area contributed by atoms with Gasteiger partial charge in [0.05, 0.1) is 0 Å². The Morgan fingerprint density at radius 1 is 1.15 bits per heavy atom. The number of benzene rings is 2. The lowest BCUT2D eigenvalue weighted by Gasteiger charge is -2.02. The van der Waals surface area contributed by atoms with Crippen LogP contribution in [-0.2, 0) is 0 Å². The molecule has 130 valence electrons. The fourth-order valence-corrected chi connectivity index (χ4v) is 2.77. The average Bonchev–Trinajstić information content (AvgIpc) is 3.21. The predicted molar refractivity (Wildman–Crippen MR) is 93.6 cm³/mol. The van der Waals surface area contributed by atoms with Crippen LogP contribution in [0.1, 0.15) is 16.1 Å². The number of halogens is 2. The molecule has 0 fully saturated rings. The number of nitrogens with zero attached hydrogens (tertiary/aromatic N) is 2. The Kier molecular flexibility index (Phi) is 3.93. The summed E-state index contributed by atoms with van der Waals surface area (Å²) in [5, 5.41) is 11.3. The van der Waals surface area contributed by atoms with Crippen molar-refractivity contribution in [3.8, 4) is 11.3 Å². The summed E-state index contributed by atoms with van der Waals surface area (Å²) >= 11 is 5.88. The van der Waals surface area contributed by atoms with Gasteiger partial charge in [0.1, 0.15) is 11.4 Å². The van der Waals surface area contributed by atoms with Gasteiger partial charge in [-0.05, 0) is 47.6 Å². The van der Waals surface area contributed by atoms with Gasteiger partial charge in [0.25, 0.3) is 5.91 Å². The standard InChI is InChI=1S/C18H11ClFN3O3/c1-9-13-8-12(20)6-7-14(13)25-16(9)18(24)21-17-15(22-26-23-17)10-2-4-11(19)5-3-10/h2-8H,1H3,(H,21,23,24). The molecule has 0 aliphatic heterocycles. The largest absolute Gasteiger partial charge is 0.451 e. The maximum absolute atomic E-state index is 13.4. The van der Waals surface area contributed by atoms with Crippen molar-refractivity contribution in [2.24, 2.45) is 0 Å². The summed E-state index contributed by atoms with van der Waals surface area (Å²) in [7, 11) is 0. The molecule has 6 nitrogen and oxygen atoms in total. The fraction of sp³-hybridized carbons (Fsp3) is 0.0556. The van der Waals surface area contributed by atoms with Gasteiger partial charge in [0.15, 0.2) is 11.5 Å². The van der Waals surface area contributed by atoms with E-state index in [4.69, 9.17) is 20.6 Å². The number of hydrogen-bond acceptors (Lipinski definition) is 5. The van der Waals surface area contributed by atoms with Crippen molar-refractivity contribution < 1.29 is 18.2 Å². The van der Waals surface area contributed by atoms with E-state index in [0.717, 1.165) is 0 Å². The predicted octanol–water partition coefficient (Wildman–Crippen LogP) is 4.84. The van der Waals surface area contributed by atoms with Crippen molar-refractivity contribution in [3.63, 3.8) is 0 Å². The summed E-state index contributed by atoms with van der Waals surface area (Å²) < 4.78 is 23.7. The van der Waals surface area contributed by atoms with Crippen molar-refractivity contribution in [1.82, 2.24) is 10.3 Å². The molecule has 1 N–H and O–H groups in total. The first-order chi connectivity index (χ1) is 12.5. The molecule has 4 rings (SSSR count). The molecule has 0 saturated carbocycles. The molecule has 2 aromatic heterocycles. The van der Waals surface area contributed by atoms with Crippen molar-refractivity contribution in [2.75, 3.05) is 5.32 Å². The van der Waals surface area contributed by atoms with Crippen LogP contribution in [0.3, 0.4) is 0 Å². The third-order valence-corrected chi connectivity index (χ3v) is 4.19. The van der Waals surface area contributed by atoms with Crippen LogP contribution in [0.5, 0.6) is 0 Å². The van der Waals surface area contributed by atoms with E-state index in [2.05, 4.69) is 15.6 Å². The van der Waals surface area contributed by atoms with E-state index in [1.165, 1.54) is 18.2 Å².